The van der Waals surface area contributed by atoms with Crippen LogP contribution < -0.4 is 5.73 Å². The normalized spacial score (nSPS) is 23.1. The van der Waals surface area contributed by atoms with E-state index in [-0.39, 0.29) is 11.9 Å². The van der Waals surface area contributed by atoms with Gasteiger partial charge in [-0.15, -0.1) is 0 Å². The van der Waals surface area contributed by atoms with Gasteiger partial charge in [-0.3, -0.25) is 9.69 Å². The second kappa shape index (κ2) is 6.33. The average molecular weight is 242 g/mol. The van der Waals surface area contributed by atoms with E-state index in [1.807, 2.05) is 0 Å². The summed E-state index contributed by atoms with van der Waals surface area (Å²) in [4.78, 5) is 18.0. The van der Waals surface area contributed by atoms with Gasteiger partial charge in [0.25, 0.3) is 0 Å². The highest BCUT2D eigenvalue weighted by molar-refractivity contribution is 5.76. The zero-order chi connectivity index (χ0) is 13.0. The van der Waals surface area contributed by atoms with Gasteiger partial charge >= 0.3 is 0 Å². The van der Waals surface area contributed by atoms with Crippen molar-refractivity contribution >= 4 is 5.91 Å². The van der Waals surface area contributed by atoms with E-state index in [4.69, 9.17) is 5.73 Å². The first-order valence-electron chi connectivity index (χ1n) is 6.26. The molecule has 100 valence electrons. The third kappa shape index (κ3) is 3.94. The van der Waals surface area contributed by atoms with E-state index in [1.54, 1.807) is 19.0 Å². The molecule has 5 nitrogen and oxygen atoms in total. The molecule has 0 aromatic heterocycles. The fraction of sp³-hybridized carbons (Fsp3) is 0.917. The van der Waals surface area contributed by atoms with Crippen LogP contribution in [0.15, 0.2) is 0 Å². The predicted molar refractivity (Wildman–Crippen MR) is 69.8 cm³/mol. The SMILES string of the molecule is CN(C)C(=O)CC(CN)N1CCC(N(C)C)C1. The van der Waals surface area contributed by atoms with Crippen LogP contribution in [0.2, 0.25) is 0 Å². The molecule has 17 heavy (non-hydrogen) atoms. The molecule has 0 saturated carbocycles. The van der Waals surface area contributed by atoms with Crippen LogP contribution >= 0.6 is 0 Å². The van der Waals surface area contributed by atoms with Crippen LogP contribution in [0.4, 0.5) is 0 Å². The molecule has 1 aliphatic heterocycles. The van der Waals surface area contributed by atoms with Crippen LogP contribution in [0.5, 0.6) is 0 Å². The molecule has 1 amide bonds. The Morgan fingerprint density at radius 2 is 2.06 bits per heavy atom. The van der Waals surface area contributed by atoms with Gasteiger partial charge in [0.05, 0.1) is 0 Å². The van der Waals surface area contributed by atoms with Crippen molar-refractivity contribution < 1.29 is 4.79 Å². The van der Waals surface area contributed by atoms with Crippen molar-refractivity contribution in [2.75, 3.05) is 47.8 Å². The topological polar surface area (TPSA) is 52.8 Å². The average Bonchev–Trinajstić information content (AvgIpc) is 2.74. The number of nitrogens with zero attached hydrogens (tertiary/aromatic N) is 3. The second-order valence-electron chi connectivity index (χ2n) is 5.28. The molecule has 1 saturated heterocycles. The third-order valence-corrected chi connectivity index (χ3v) is 3.62. The van der Waals surface area contributed by atoms with E-state index in [2.05, 4.69) is 23.9 Å². The summed E-state index contributed by atoms with van der Waals surface area (Å²) in [5.41, 5.74) is 5.80. The van der Waals surface area contributed by atoms with Crippen molar-refractivity contribution in [1.82, 2.24) is 14.7 Å². The maximum Gasteiger partial charge on any atom is 0.223 e. The highest BCUT2D eigenvalue weighted by atomic mass is 16.2. The lowest BCUT2D eigenvalue weighted by Crippen LogP contribution is -2.44. The molecule has 0 aromatic carbocycles. The van der Waals surface area contributed by atoms with Crippen LogP contribution in [0.1, 0.15) is 12.8 Å². The molecule has 1 rings (SSSR count). The number of hydrogen-bond acceptors (Lipinski definition) is 4. The molecule has 0 aliphatic carbocycles. The Morgan fingerprint density at radius 1 is 1.41 bits per heavy atom. The highest BCUT2D eigenvalue weighted by Gasteiger charge is 2.29. The van der Waals surface area contributed by atoms with E-state index in [0.29, 0.717) is 19.0 Å². The first-order chi connectivity index (χ1) is 7.95. The van der Waals surface area contributed by atoms with Crippen molar-refractivity contribution in [3.05, 3.63) is 0 Å². The van der Waals surface area contributed by atoms with Gasteiger partial charge in [0, 0.05) is 52.2 Å². The zero-order valence-corrected chi connectivity index (χ0v) is 11.5. The highest BCUT2D eigenvalue weighted by Crippen LogP contribution is 2.17. The molecule has 0 radical (unpaired) electrons. The lowest BCUT2D eigenvalue weighted by molar-refractivity contribution is -0.129. The van der Waals surface area contributed by atoms with Crippen molar-refractivity contribution in [2.24, 2.45) is 5.73 Å². The molecule has 0 aromatic rings. The molecule has 1 heterocycles. The number of amides is 1. The molecule has 2 atom stereocenters. The Kier molecular flexibility index (Phi) is 5.36. The Bertz CT molecular complexity index is 255. The molecular weight excluding hydrogens is 216 g/mol. The molecular formula is C12H26N4O. The van der Waals surface area contributed by atoms with Crippen LogP contribution in [0.25, 0.3) is 0 Å². The van der Waals surface area contributed by atoms with Crippen molar-refractivity contribution in [1.29, 1.82) is 0 Å². The smallest absolute Gasteiger partial charge is 0.223 e. The fourth-order valence-electron chi connectivity index (χ4n) is 2.27. The molecule has 0 spiro atoms. The summed E-state index contributed by atoms with van der Waals surface area (Å²) >= 11 is 0. The predicted octanol–water partition coefficient (Wildman–Crippen LogP) is -0.572. The largest absolute Gasteiger partial charge is 0.349 e. The minimum atomic E-state index is 0.161. The number of nitrogens with two attached hydrogens (primary N) is 1. The fourth-order valence-corrected chi connectivity index (χ4v) is 2.27. The minimum absolute atomic E-state index is 0.161. The monoisotopic (exact) mass is 242 g/mol. The van der Waals surface area contributed by atoms with Crippen LogP contribution in [0, 0.1) is 0 Å². The number of hydrogen-bond donors (Lipinski definition) is 1. The maximum absolute atomic E-state index is 11.7. The Hall–Kier alpha value is -0.650. The van der Waals surface area contributed by atoms with Gasteiger partial charge in [-0.05, 0) is 20.5 Å². The summed E-state index contributed by atoms with van der Waals surface area (Å²) in [7, 11) is 7.80. The lowest BCUT2D eigenvalue weighted by atomic mass is 10.1. The van der Waals surface area contributed by atoms with Crippen molar-refractivity contribution in [2.45, 2.75) is 24.9 Å². The van der Waals surface area contributed by atoms with Crippen LogP contribution in [-0.2, 0) is 4.79 Å². The third-order valence-electron chi connectivity index (χ3n) is 3.62. The van der Waals surface area contributed by atoms with Gasteiger partial charge in [0.15, 0.2) is 0 Å². The van der Waals surface area contributed by atoms with Gasteiger partial charge in [-0.25, -0.2) is 0 Å². The van der Waals surface area contributed by atoms with Gasteiger partial charge in [-0.2, -0.15) is 0 Å². The van der Waals surface area contributed by atoms with Gasteiger partial charge < -0.3 is 15.5 Å². The summed E-state index contributed by atoms with van der Waals surface area (Å²) in [6.45, 7) is 2.63. The maximum atomic E-state index is 11.7. The van der Waals surface area contributed by atoms with E-state index in [1.165, 1.54) is 6.42 Å². The number of likely N-dealkylation sites (N-methyl/N-ethyl adjacent to an activating group) is 1. The first kappa shape index (κ1) is 14.4. The summed E-state index contributed by atoms with van der Waals surface area (Å²) in [5, 5.41) is 0. The number of carbonyl (C=O) groups is 1. The zero-order valence-electron chi connectivity index (χ0n) is 11.5. The van der Waals surface area contributed by atoms with Crippen molar-refractivity contribution in [3.63, 3.8) is 0 Å². The molecule has 1 fully saturated rings. The van der Waals surface area contributed by atoms with E-state index in [0.717, 1.165) is 13.1 Å². The van der Waals surface area contributed by atoms with E-state index in [9.17, 15) is 4.79 Å². The van der Waals surface area contributed by atoms with Gasteiger partial charge in [0.2, 0.25) is 5.91 Å². The number of carbonyl (C=O) groups excluding carboxylic acids is 1. The van der Waals surface area contributed by atoms with Gasteiger partial charge in [-0.1, -0.05) is 0 Å². The van der Waals surface area contributed by atoms with Gasteiger partial charge in [0.1, 0.15) is 0 Å². The quantitative estimate of drug-likeness (QED) is 0.701. The summed E-state index contributed by atoms with van der Waals surface area (Å²) in [5.74, 6) is 0.161. The molecule has 1 aliphatic rings. The second-order valence-corrected chi connectivity index (χ2v) is 5.28. The molecule has 5 heteroatoms. The Labute approximate surface area is 105 Å². The summed E-state index contributed by atoms with van der Waals surface area (Å²) in [6.07, 6.45) is 1.70. The first-order valence-corrected chi connectivity index (χ1v) is 6.26. The summed E-state index contributed by atoms with van der Waals surface area (Å²) in [6, 6.07) is 0.786. The Morgan fingerprint density at radius 3 is 2.47 bits per heavy atom. The lowest BCUT2D eigenvalue weighted by Gasteiger charge is -2.28. The standard InChI is InChI=1S/C12H26N4O/c1-14(2)10-5-6-16(9-10)11(8-13)7-12(17)15(3)4/h10-11H,5-9,13H2,1-4H3. The Balaban J connectivity index is 2.49. The van der Waals surface area contributed by atoms with E-state index < -0.39 is 0 Å². The van der Waals surface area contributed by atoms with Crippen molar-refractivity contribution in [3.8, 4) is 0 Å². The summed E-state index contributed by atoms with van der Waals surface area (Å²) < 4.78 is 0. The van der Waals surface area contributed by atoms with Crippen LogP contribution in [-0.4, -0.2) is 80.5 Å². The molecule has 2 unspecified atom stereocenters. The number of likely N-dealkylation sites (tertiary alicyclic amines) is 1. The molecule has 2 N–H and O–H groups in total. The van der Waals surface area contributed by atoms with E-state index >= 15 is 0 Å². The molecule has 0 bridgehead atoms. The minimum Gasteiger partial charge on any atom is -0.349 e. The number of rotatable bonds is 5. The van der Waals surface area contributed by atoms with Crippen LogP contribution in [0.3, 0.4) is 0 Å².